The molecule has 4 N–H and O–H groups in total. The first-order chi connectivity index (χ1) is 18.7. The van der Waals surface area contributed by atoms with E-state index in [4.69, 9.17) is 27.7 Å². The Morgan fingerprint density at radius 1 is 1.36 bits per heavy atom. The number of benzene rings is 1. The van der Waals surface area contributed by atoms with Crippen LogP contribution in [0.15, 0.2) is 30.6 Å². The number of methoxy groups -OCH3 is 1. The van der Waals surface area contributed by atoms with Crippen LogP contribution in [0.3, 0.4) is 0 Å². The van der Waals surface area contributed by atoms with Gasteiger partial charge in [-0.2, -0.15) is 0 Å². The molecule has 12 heteroatoms. The number of anilines is 1. The molecule has 1 amide bonds. The summed E-state index contributed by atoms with van der Waals surface area (Å²) in [6, 6.07) is 6.74. The number of nitrogens with one attached hydrogen (secondary N) is 2. The molecule has 2 fully saturated rings. The van der Waals surface area contributed by atoms with Crippen LogP contribution in [0.25, 0.3) is 11.2 Å². The van der Waals surface area contributed by atoms with Gasteiger partial charge in [0.2, 0.25) is 5.91 Å². The Hall–Kier alpha value is -3.72. The fraction of sp³-hybridized carbons (Fsp3) is 0.444. The molecule has 5 rings (SSSR count). The second-order valence-corrected chi connectivity index (χ2v) is 10.4. The van der Waals surface area contributed by atoms with Crippen molar-refractivity contribution in [2.75, 3.05) is 19.5 Å². The van der Waals surface area contributed by atoms with Gasteiger partial charge >= 0.3 is 5.97 Å². The number of rotatable bonds is 9. The van der Waals surface area contributed by atoms with Gasteiger partial charge in [-0.05, 0) is 30.5 Å². The molecule has 3 aromatic rings. The highest BCUT2D eigenvalue weighted by Crippen LogP contribution is 2.67. The van der Waals surface area contributed by atoms with Crippen molar-refractivity contribution in [2.45, 2.75) is 50.0 Å². The molecule has 2 saturated carbocycles. The fourth-order valence-corrected chi connectivity index (χ4v) is 5.91. The molecule has 1 unspecified atom stereocenters. The van der Waals surface area contributed by atoms with Crippen molar-refractivity contribution in [3.63, 3.8) is 0 Å². The van der Waals surface area contributed by atoms with Crippen molar-refractivity contribution in [3.8, 4) is 12.3 Å². The second kappa shape index (κ2) is 10.4. The summed E-state index contributed by atoms with van der Waals surface area (Å²) >= 11 is 6.14. The first kappa shape index (κ1) is 26.9. The predicted molar refractivity (Wildman–Crippen MR) is 143 cm³/mol. The summed E-state index contributed by atoms with van der Waals surface area (Å²) in [6.07, 6.45) is 5.70. The van der Waals surface area contributed by atoms with Gasteiger partial charge in [0, 0.05) is 31.0 Å². The van der Waals surface area contributed by atoms with Gasteiger partial charge in [0.25, 0.3) is 0 Å². The topological polar surface area (TPSA) is 151 Å². The third-order valence-corrected chi connectivity index (χ3v) is 8.04. The van der Waals surface area contributed by atoms with Crippen LogP contribution in [0.2, 0.25) is 5.02 Å². The third kappa shape index (κ3) is 4.58. The number of terminal acetylenes is 1. The van der Waals surface area contributed by atoms with Crippen molar-refractivity contribution in [1.29, 1.82) is 0 Å². The number of aliphatic hydroxyl groups is 2. The largest absolute Gasteiger partial charge is 0.469 e. The second-order valence-electron chi connectivity index (χ2n) is 9.93. The van der Waals surface area contributed by atoms with Crippen molar-refractivity contribution in [2.24, 2.45) is 11.3 Å². The number of nitrogens with zero attached hydrogens (tertiary/aromatic N) is 4. The fourth-order valence-electron chi connectivity index (χ4n) is 5.70. The number of carbonyl (C=O) groups is 2. The van der Waals surface area contributed by atoms with E-state index in [1.807, 2.05) is 18.2 Å². The number of hydrogen-bond donors (Lipinski definition) is 4. The van der Waals surface area contributed by atoms with E-state index >= 15 is 0 Å². The summed E-state index contributed by atoms with van der Waals surface area (Å²) in [5, 5.41) is 28.3. The standard InChI is InChI=1S/C27H29ClN6O5/c1-4-15(8-9-18(35)39-3)23-32-24(30-12-14-6-5-7-16(28)10-14)19-25(33-23)34(13-31-19)20-17-11-27(17,26(38)29-2)22(37)21(20)36/h1,5-7,10,13,15,17,20-22,36-37H,8-9,11-12H2,2-3H3,(H,29,38)(H,30,32,33)/t15?,17-,20-,21+,22+,27+/m1/s1. The molecule has 0 spiro atoms. The summed E-state index contributed by atoms with van der Waals surface area (Å²) in [5.74, 6) is 1.76. The minimum absolute atomic E-state index is 0.0849. The molecule has 2 heterocycles. The van der Waals surface area contributed by atoms with Crippen LogP contribution >= 0.6 is 11.6 Å². The average Bonchev–Trinajstić information content (AvgIpc) is 3.48. The Balaban J connectivity index is 1.55. The van der Waals surface area contributed by atoms with Crippen molar-refractivity contribution in [1.82, 2.24) is 24.8 Å². The molecular formula is C27H29ClN6O5. The number of ether oxygens (including phenoxy) is 1. The number of halogens is 1. The van der Waals surface area contributed by atoms with Gasteiger partial charge in [0.1, 0.15) is 17.4 Å². The lowest BCUT2D eigenvalue weighted by Crippen LogP contribution is -2.41. The number of aromatic nitrogens is 4. The summed E-state index contributed by atoms with van der Waals surface area (Å²) < 4.78 is 6.44. The minimum atomic E-state index is -1.23. The zero-order valence-corrected chi connectivity index (χ0v) is 22.2. The maximum atomic E-state index is 12.6. The van der Waals surface area contributed by atoms with Gasteiger partial charge < -0.3 is 30.2 Å². The van der Waals surface area contributed by atoms with Crippen molar-refractivity contribution >= 4 is 40.5 Å². The first-order valence-electron chi connectivity index (χ1n) is 12.6. The summed E-state index contributed by atoms with van der Waals surface area (Å²) in [4.78, 5) is 38.3. The molecule has 0 radical (unpaired) electrons. The number of fused-ring (bicyclic) bond motifs is 2. The predicted octanol–water partition coefficient (Wildman–Crippen LogP) is 1.79. The number of hydrogen-bond acceptors (Lipinski definition) is 9. The van der Waals surface area contributed by atoms with Crippen molar-refractivity contribution in [3.05, 3.63) is 47.0 Å². The molecule has 204 valence electrons. The lowest BCUT2D eigenvalue weighted by molar-refractivity contribution is -0.140. The highest BCUT2D eigenvalue weighted by Gasteiger charge is 2.75. The Bertz CT molecular complexity index is 1470. The third-order valence-electron chi connectivity index (χ3n) is 7.81. The van der Waals surface area contributed by atoms with E-state index in [2.05, 4.69) is 26.5 Å². The molecule has 2 aromatic heterocycles. The van der Waals surface area contributed by atoms with E-state index in [-0.39, 0.29) is 24.7 Å². The van der Waals surface area contributed by atoms with Gasteiger partial charge in [0.05, 0.1) is 36.9 Å². The van der Waals surface area contributed by atoms with Crippen LogP contribution < -0.4 is 10.6 Å². The van der Waals surface area contributed by atoms with Crippen molar-refractivity contribution < 1.29 is 24.5 Å². The minimum Gasteiger partial charge on any atom is -0.469 e. The molecule has 2 aliphatic carbocycles. The molecule has 39 heavy (non-hydrogen) atoms. The maximum absolute atomic E-state index is 12.6. The Kier molecular flexibility index (Phi) is 7.20. The molecule has 0 saturated heterocycles. The maximum Gasteiger partial charge on any atom is 0.305 e. The number of carbonyl (C=O) groups excluding carboxylic acids is 2. The molecule has 1 aromatic carbocycles. The van der Waals surface area contributed by atoms with E-state index in [1.165, 1.54) is 20.5 Å². The molecule has 0 aliphatic heterocycles. The van der Waals surface area contributed by atoms with Crippen LogP contribution in [-0.2, 0) is 20.9 Å². The normalized spacial score (nSPS) is 25.9. The van der Waals surface area contributed by atoms with Gasteiger partial charge in [-0.1, -0.05) is 29.7 Å². The number of amides is 1. The highest BCUT2D eigenvalue weighted by molar-refractivity contribution is 6.30. The Morgan fingerprint density at radius 3 is 2.85 bits per heavy atom. The van der Waals surface area contributed by atoms with E-state index in [0.29, 0.717) is 40.8 Å². The van der Waals surface area contributed by atoms with Gasteiger partial charge in [0.15, 0.2) is 11.5 Å². The molecule has 6 atom stereocenters. The quantitative estimate of drug-likeness (QED) is 0.230. The molecule has 0 bridgehead atoms. The van der Waals surface area contributed by atoms with E-state index < -0.39 is 35.6 Å². The number of esters is 1. The van der Waals surface area contributed by atoms with Gasteiger partial charge in [-0.25, -0.2) is 15.0 Å². The average molecular weight is 553 g/mol. The molecular weight excluding hydrogens is 524 g/mol. The summed E-state index contributed by atoms with van der Waals surface area (Å²) in [7, 11) is 2.82. The van der Waals surface area contributed by atoms with Gasteiger partial charge in [-0.3, -0.25) is 9.59 Å². The van der Waals surface area contributed by atoms with Gasteiger partial charge in [-0.15, -0.1) is 6.42 Å². The molecule has 2 aliphatic rings. The summed E-state index contributed by atoms with van der Waals surface area (Å²) in [6.45, 7) is 0.384. The number of aliphatic hydroxyl groups excluding tert-OH is 2. The van der Waals surface area contributed by atoms with E-state index in [1.54, 1.807) is 10.6 Å². The van der Waals surface area contributed by atoms with Crippen LogP contribution in [-0.4, -0.2) is 68.0 Å². The zero-order chi connectivity index (χ0) is 27.9. The van der Waals surface area contributed by atoms with Crippen LogP contribution in [0.5, 0.6) is 0 Å². The Morgan fingerprint density at radius 2 is 2.15 bits per heavy atom. The highest BCUT2D eigenvalue weighted by atomic mass is 35.5. The van der Waals surface area contributed by atoms with E-state index in [0.717, 1.165) is 5.56 Å². The zero-order valence-electron chi connectivity index (χ0n) is 21.5. The SMILES string of the molecule is C#CC(CCC(=O)OC)c1nc(NCc2cccc(Cl)c2)c2ncn([C@H]3[C@H](O)[C@H](O)[C@]4(C(=O)NC)C[C@H]34)c2n1. The lowest BCUT2D eigenvalue weighted by atomic mass is 9.98. The first-order valence-corrected chi connectivity index (χ1v) is 13.0. The van der Waals surface area contributed by atoms with E-state index in [9.17, 15) is 19.8 Å². The monoisotopic (exact) mass is 552 g/mol. The Labute approximate surface area is 230 Å². The molecule has 11 nitrogen and oxygen atoms in total. The summed E-state index contributed by atoms with van der Waals surface area (Å²) in [5.41, 5.74) is 0.685. The lowest BCUT2D eigenvalue weighted by Gasteiger charge is -2.23. The van der Waals surface area contributed by atoms with Crippen LogP contribution in [0.1, 0.15) is 42.6 Å². The van der Waals surface area contributed by atoms with Crippen LogP contribution in [0.4, 0.5) is 5.82 Å². The smallest absolute Gasteiger partial charge is 0.305 e. The van der Waals surface area contributed by atoms with Crippen LogP contribution in [0, 0.1) is 23.7 Å². The number of imidazole rings is 1.